The van der Waals surface area contributed by atoms with Crippen molar-refractivity contribution in [3.8, 4) is 0 Å². The second-order valence-electron chi connectivity index (χ2n) is 4.73. The van der Waals surface area contributed by atoms with E-state index in [-0.39, 0.29) is 12.0 Å². The van der Waals surface area contributed by atoms with Crippen molar-refractivity contribution in [2.24, 2.45) is 5.41 Å². The van der Waals surface area contributed by atoms with Crippen molar-refractivity contribution < 1.29 is 9.63 Å². The first-order valence-corrected chi connectivity index (χ1v) is 5.75. The van der Waals surface area contributed by atoms with E-state index in [1.807, 2.05) is 13.8 Å². The minimum absolute atomic E-state index is 0.0427. The Kier molecular flexibility index (Phi) is 4.50. The molecule has 0 fully saturated rings. The molecular formula is C12H22N2O2. The van der Waals surface area contributed by atoms with E-state index in [9.17, 15) is 5.11 Å². The van der Waals surface area contributed by atoms with Gasteiger partial charge in [0, 0.05) is 30.7 Å². The predicted molar refractivity (Wildman–Crippen MR) is 63.2 cm³/mol. The van der Waals surface area contributed by atoms with Gasteiger partial charge in [0.15, 0.2) is 0 Å². The van der Waals surface area contributed by atoms with E-state index < -0.39 is 0 Å². The van der Waals surface area contributed by atoms with E-state index in [1.54, 1.807) is 0 Å². The summed E-state index contributed by atoms with van der Waals surface area (Å²) < 4.78 is 5.09. The minimum Gasteiger partial charge on any atom is -0.396 e. The van der Waals surface area contributed by atoms with Crippen LogP contribution in [0.25, 0.3) is 0 Å². The molecule has 92 valence electrons. The zero-order valence-corrected chi connectivity index (χ0v) is 10.6. The van der Waals surface area contributed by atoms with Crippen LogP contribution in [0.2, 0.25) is 0 Å². The largest absolute Gasteiger partial charge is 0.396 e. The topological polar surface area (TPSA) is 58.3 Å². The van der Waals surface area contributed by atoms with Crippen LogP contribution >= 0.6 is 0 Å². The fraction of sp³-hybridized carbons (Fsp3) is 0.750. The zero-order chi connectivity index (χ0) is 12.2. The van der Waals surface area contributed by atoms with Gasteiger partial charge in [-0.2, -0.15) is 0 Å². The van der Waals surface area contributed by atoms with E-state index in [1.165, 1.54) is 0 Å². The van der Waals surface area contributed by atoms with Crippen LogP contribution in [-0.4, -0.2) is 23.4 Å². The molecule has 0 aliphatic rings. The second-order valence-corrected chi connectivity index (χ2v) is 4.73. The molecule has 4 heteroatoms. The third kappa shape index (κ3) is 3.06. The summed E-state index contributed by atoms with van der Waals surface area (Å²) in [6.45, 7) is 9.78. The van der Waals surface area contributed by atoms with Crippen molar-refractivity contribution in [2.45, 2.75) is 40.7 Å². The quantitative estimate of drug-likeness (QED) is 0.776. The molecule has 1 aromatic rings. The van der Waals surface area contributed by atoms with Crippen LogP contribution in [0.1, 0.15) is 37.3 Å². The Bertz CT molecular complexity index is 310. The van der Waals surface area contributed by atoms with Crippen molar-refractivity contribution >= 4 is 0 Å². The van der Waals surface area contributed by atoms with Gasteiger partial charge in [-0.1, -0.05) is 19.0 Å². The number of rotatable bonds is 6. The molecule has 0 aliphatic carbocycles. The maximum Gasteiger partial charge on any atom is 0.138 e. The molecule has 2 N–H and O–H groups in total. The van der Waals surface area contributed by atoms with Crippen LogP contribution in [0, 0.1) is 19.3 Å². The van der Waals surface area contributed by atoms with E-state index in [0.717, 1.165) is 36.5 Å². The van der Waals surface area contributed by atoms with Gasteiger partial charge in [0.2, 0.25) is 0 Å². The van der Waals surface area contributed by atoms with Crippen LogP contribution in [-0.2, 0) is 6.54 Å². The summed E-state index contributed by atoms with van der Waals surface area (Å²) in [5, 5.41) is 16.5. The molecule has 1 unspecified atom stereocenters. The number of hydrogen-bond acceptors (Lipinski definition) is 4. The minimum atomic E-state index is -0.0427. The predicted octanol–water partition coefficient (Wildman–Crippen LogP) is 1.79. The van der Waals surface area contributed by atoms with Crippen LogP contribution in [0.3, 0.4) is 0 Å². The average molecular weight is 226 g/mol. The maximum absolute atomic E-state index is 9.28. The fourth-order valence-corrected chi connectivity index (χ4v) is 1.54. The highest BCUT2D eigenvalue weighted by molar-refractivity contribution is 5.20. The van der Waals surface area contributed by atoms with Crippen LogP contribution in [0.5, 0.6) is 0 Å². The van der Waals surface area contributed by atoms with E-state index in [0.29, 0.717) is 0 Å². The van der Waals surface area contributed by atoms with Gasteiger partial charge in [-0.15, -0.1) is 0 Å². The van der Waals surface area contributed by atoms with Gasteiger partial charge < -0.3 is 14.9 Å². The van der Waals surface area contributed by atoms with E-state index in [2.05, 4.69) is 24.3 Å². The van der Waals surface area contributed by atoms with Crippen molar-refractivity contribution in [1.29, 1.82) is 0 Å². The fourth-order valence-electron chi connectivity index (χ4n) is 1.54. The van der Waals surface area contributed by atoms with Gasteiger partial charge in [0.1, 0.15) is 5.76 Å². The highest BCUT2D eigenvalue weighted by Gasteiger charge is 2.20. The summed E-state index contributed by atoms with van der Waals surface area (Å²) >= 11 is 0. The Morgan fingerprint density at radius 1 is 1.44 bits per heavy atom. The molecule has 1 rings (SSSR count). The third-order valence-corrected chi connectivity index (χ3v) is 3.27. The zero-order valence-electron chi connectivity index (χ0n) is 10.6. The summed E-state index contributed by atoms with van der Waals surface area (Å²) in [7, 11) is 0. The Labute approximate surface area is 97.0 Å². The molecular weight excluding hydrogens is 204 g/mol. The lowest BCUT2D eigenvalue weighted by Crippen LogP contribution is -2.34. The number of aryl methyl sites for hydroxylation is 2. The molecule has 0 saturated carbocycles. The number of aliphatic hydroxyl groups excluding tert-OH is 1. The highest BCUT2D eigenvalue weighted by atomic mass is 16.5. The van der Waals surface area contributed by atoms with Crippen LogP contribution in [0.15, 0.2) is 4.52 Å². The van der Waals surface area contributed by atoms with E-state index >= 15 is 0 Å². The van der Waals surface area contributed by atoms with Crippen molar-refractivity contribution in [1.82, 2.24) is 10.5 Å². The van der Waals surface area contributed by atoms with Crippen molar-refractivity contribution in [3.05, 3.63) is 17.0 Å². The van der Waals surface area contributed by atoms with Gasteiger partial charge in [-0.05, 0) is 20.3 Å². The van der Waals surface area contributed by atoms with E-state index in [4.69, 9.17) is 4.52 Å². The Morgan fingerprint density at radius 3 is 2.56 bits per heavy atom. The first kappa shape index (κ1) is 13.2. The Hall–Kier alpha value is -0.870. The smallest absolute Gasteiger partial charge is 0.138 e. The Balaban J connectivity index is 2.47. The summed E-state index contributed by atoms with van der Waals surface area (Å²) in [6.07, 6.45) is 0.956. The van der Waals surface area contributed by atoms with Gasteiger partial charge >= 0.3 is 0 Å². The molecule has 1 aromatic heterocycles. The molecule has 4 nitrogen and oxygen atoms in total. The average Bonchev–Trinajstić information content (AvgIpc) is 2.60. The van der Waals surface area contributed by atoms with Gasteiger partial charge in [0.05, 0.1) is 5.69 Å². The normalized spacial score (nSPS) is 15.1. The standard InChI is InChI=1S/C12H22N2O2/c1-5-12(4,8-15)7-13-6-11-9(2)14-16-10(11)3/h13,15H,5-8H2,1-4H3. The number of hydrogen-bond donors (Lipinski definition) is 2. The molecule has 0 saturated heterocycles. The lowest BCUT2D eigenvalue weighted by molar-refractivity contribution is 0.135. The number of aromatic nitrogens is 1. The maximum atomic E-state index is 9.28. The monoisotopic (exact) mass is 226 g/mol. The highest BCUT2D eigenvalue weighted by Crippen LogP contribution is 2.19. The van der Waals surface area contributed by atoms with Crippen molar-refractivity contribution in [2.75, 3.05) is 13.2 Å². The molecule has 16 heavy (non-hydrogen) atoms. The van der Waals surface area contributed by atoms with Crippen molar-refractivity contribution in [3.63, 3.8) is 0 Å². The summed E-state index contributed by atoms with van der Waals surface area (Å²) in [5.74, 6) is 0.868. The van der Waals surface area contributed by atoms with Gasteiger partial charge in [-0.25, -0.2) is 0 Å². The summed E-state index contributed by atoms with van der Waals surface area (Å²) in [6, 6.07) is 0. The molecule has 0 spiro atoms. The molecule has 1 atom stereocenters. The number of nitrogens with zero attached hydrogens (tertiary/aromatic N) is 1. The SMILES string of the molecule is CCC(C)(CO)CNCc1c(C)noc1C. The van der Waals surface area contributed by atoms with Crippen LogP contribution < -0.4 is 5.32 Å². The molecule has 0 aliphatic heterocycles. The van der Waals surface area contributed by atoms with Gasteiger partial charge in [-0.3, -0.25) is 0 Å². The van der Waals surface area contributed by atoms with Gasteiger partial charge in [0.25, 0.3) is 0 Å². The summed E-state index contributed by atoms with van der Waals surface area (Å²) in [5.41, 5.74) is 2.02. The van der Waals surface area contributed by atoms with Crippen LogP contribution in [0.4, 0.5) is 0 Å². The molecule has 0 aromatic carbocycles. The molecule has 0 bridgehead atoms. The summed E-state index contributed by atoms with van der Waals surface area (Å²) in [4.78, 5) is 0. The number of nitrogens with one attached hydrogen (secondary N) is 1. The number of aliphatic hydroxyl groups is 1. The Morgan fingerprint density at radius 2 is 2.12 bits per heavy atom. The third-order valence-electron chi connectivity index (χ3n) is 3.27. The molecule has 0 amide bonds. The second kappa shape index (κ2) is 5.46. The first-order chi connectivity index (χ1) is 7.52. The lowest BCUT2D eigenvalue weighted by Gasteiger charge is -2.25. The first-order valence-electron chi connectivity index (χ1n) is 5.75. The molecule has 0 radical (unpaired) electrons. The molecule has 1 heterocycles. The lowest BCUT2D eigenvalue weighted by atomic mass is 9.88.